The molecule has 0 unspecified atom stereocenters. The van der Waals surface area contributed by atoms with E-state index in [1.165, 1.54) is 0 Å². The molecular formula is C13H18BrClN2O3. The van der Waals surface area contributed by atoms with Crippen LogP contribution >= 0.6 is 27.5 Å². The van der Waals surface area contributed by atoms with Gasteiger partial charge in [-0.3, -0.25) is 0 Å². The fraction of sp³-hybridized carbons (Fsp3) is 0.538. The van der Waals surface area contributed by atoms with E-state index in [2.05, 4.69) is 26.2 Å². The van der Waals surface area contributed by atoms with Crippen LogP contribution in [0.5, 0.6) is 5.75 Å². The number of alkyl carbamates (subject to hydrolysis) is 1. The Morgan fingerprint density at radius 3 is 2.75 bits per heavy atom. The number of ether oxygens (including phenoxy) is 2. The lowest BCUT2D eigenvalue weighted by Gasteiger charge is -2.19. The fourth-order valence-corrected chi connectivity index (χ4v) is 1.89. The number of carbonyl (C=O) groups excluding carboxylic acids is 1. The SMILES string of the molecule is CC(C)(C)OC(=O)NCCCOc1ccc(Br)nc1Cl. The molecule has 0 fully saturated rings. The van der Waals surface area contributed by atoms with Gasteiger partial charge < -0.3 is 14.8 Å². The molecule has 1 aromatic heterocycles. The summed E-state index contributed by atoms with van der Waals surface area (Å²) in [4.78, 5) is 15.4. The molecule has 7 heteroatoms. The van der Waals surface area contributed by atoms with Crippen molar-refractivity contribution in [1.82, 2.24) is 10.3 Å². The van der Waals surface area contributed by atoms with Gasteiger partial charge in [-0.2, -0.15) is 0 Å². The molecule has 0 radical (unpaired) electrons. The maximum absolute atomic E-state index is 11.4. The first-order valence-electron chi connectivity index (χ1n) is 6.19. The molecular weight excluding hydrogens is 348 g/mol. The first-order chi connectivity index (χ1) is 9.28. The quantitative estimate of drug-likeness (QED) is 0.637. The minimum atomic E-state index is -0.489. The maximum atomic E-state index is 11.4. The van der Waals surface area contributed by atoms with E-state index < -0.39 is 11.7 Å². The third-order valence-electron chi connectivity index (χ3n) is 2.03. The second kappa shape index (κ2) is 7.69. The molecule has 1 heterocycles. The van der Waals surface area contributed by atoms with Crippen molar-refractivity contribution < 1.29 is 14.3 Å². The summed E-state index contributed by atoms with van der Waals surface area (Å²) in [5.74, 6) is 0.520. The molecule has 0 spiro atoms. The van der Waals surface area contributed by atoms with Crippen LogP contribution in [0, 0.1) is 0 Å². The highest BCUT2D eigenvalue weighted by Crippen LogP contribution is 2.24. The zero-order valence-corrected chi connectivity index (χ0v) is 14.0. The number of hydrogen-bond acceptors (Lipinski definition) is 4. The van der Waals surface area contributed by atoms with Crippen LogP contribution in [-0.2, 0) is 4.74 Å². The van der Waals surface area contributed by atoms with E-state index in [1.807, 2.05) is 20.8 Å². The van der Waals surface area contributed by atoms with Gasteiger partial charge in [-0.25, -0.2) is 9.78 Å². The molecule has 5 nitrogen and oxygen atoms in total. The Bertz CT molecular complexity index is 463. The molecule has 0 aliphatic carbocycles. The number of nitrogens with zero attached hydrogens (tertiary/aromatic N) is 1. The summed E-state index contributed by atoms with van der Waals surface area (Å²) in [7, 11) is 0. The smallest absolute Gasteiger partial charge is 0.407 e. The van der Waals surface area contributed by atoms with Crippen LogP contribution < -0.4 is 10.1 Å². The van der Waals surface area contributed by atoms with Gasteiger partial charge in [0.25, 0.3) is 0 Å². The molecule has 0 aliphatic heterocycles. The minimum absolute atomic E-state index is 0.305. The highest BCUT2D eigenvalue weighted by atomic mass is 79.9. The number of rotatable bonds is 5. The van der Waals surface area contributed by atoms with E-state index >= 15 is 0 Å². The fourth-order valence-electron chi connectivity index (χ4n) is 1.27. The number of halogens is 2. The Labute approximate surface area is 132 Å². The number of nitrogens with one attached hydrogen (secondary N) is 1. The summed E-state index contributed by atoms with van der Waals surface area (Å²) in [6.45, 7) is 6.35. The topological polar surface area (TPSA) is 60.5 Å². The van der Waals surface area contributed by atoms with E-state index in [0.717, 1.165) is 0 Å². The molecule has 1 N–H and O–H groups in total. The molecule has 1 rings (SSSR count). The Hall–Kier alpha value is -1.01. The zero-order chi connectivity index (χ0) is 15.2. The minimum Gasteiger partial charge on any atom is -0.490 e. The number of aromatic nitrogens is 1. The maximum Gasteiger partial charge on any atom is 0.407 e. The van der Waals surface area contributed by atoms with Crippen LogP contribution in [0.4, 0.5) is 4.79 Å². The summed E-state index contributed by atoms with van der Waals surface area (Å²) in [6, 6.07) is 3.49. The normalized spacial score (nSPS) is 11.1. The lowest BCUT2D eigenvalue weighted by atomic mass is 10.2. The molecule has 0 bridgehead atoms. The number of pyridine rings is 1. The van der Waals surface area contributed by atoms with Gasteiger partial charge in [-0.05, 0) is 55.3 Å². The molecule has 112 valence electrons. The van der Waals surface area contributed by atoms with Gasteiger partial charge in [-0.1, -0.05) is 11.6 Å². The molecule has 0 aliphatic rings. The molecule has 0 aromatic carbocycles. The summed E-state index contributed by atoms with van der Waals surface area (Å²) in [6.07, 6.45) is 0.215. The van der Waals surface area contributed by atoms with Crippen molar-refractivity contribution in [2.75, 3.05) is 13.2 Å². The first-order valence-corrected chi connectivity index (χ1v) is 7.37. The van der Waals surface area contributed by atoms with Crippen LogP contribution in [-0.4, -0.2) is 29.8 Å². The average Bonchev–Trinajstić information content (AvgIpc) is 2.28. The summed E-state index contributed by atoms with van der Waals surface area (Å²) >= 11 is 9.13. The van der Waals surface area contributed by atoms with E-state index in [1.54, 1.807) is 12.1 Å². The van der Waals surface area contributed by atoms with Crippen LogP contribution in [0.1, 0.15) is 27.2 Å². The largest absolute Gasteiger partial charge is 0.490 e. The monoisotopic (exact) mass is 364 g/mol. The van der Waals surface area contributed by atoms with Crippen molar-refractivity contribution in [2.45, 2.75) is 32.8 Å². The van der Waals surface area contributed by atoms with Gasteiger partial charge >= 0.3 is 6.09 Å². The summed E-state index contributed by atoms with van der Waals surface area (Å²) in [5.41, 5.74) is -0.489. The summed E-state index contributed by atoms with van der Waals surface area (Å²) in [5, 5.41) is 2.96. The van der Waals surface area contributed by atoms with Gasteiger partial charge in [0, 0.05) is 6.54 Å². The predicted octanol–water partition coefficient (Wildman–Crippen LogP) is 3.79. The molecule has 20 heavy (non-hydrogen) atoms. The average molecular weight is 366 g/mol. The number of hydrogen-bond donors (Lipinski definition) is 1. The molecule has 1 aromatic rings. The third kappa shape index (κ3) is 6.96. The molecule has 0 saturated carbocycles. The second-order valence-corrected chi connectivity index (χ2v) is 6.22. The Balaban J connectivity index is 2.21. The Kier molecular flexibility index (Phi) is 6.55. The second-order valence-electron chi connectivity index (χ2n) is 5.05. The van der Waals surface area contributed by atoms with Crippen molar-refractivity contribution in [3.05, 3.63) is 21.9 Å². The Morgan fingerprint density at radius 2 is 2.15 bits per heavy atom. The van der Waals surface area contributed by atoms with Crippen LogP contribution in [0.25, 0.3) is 0 Å². The lowest BCUT2D eigenvalue weighted by Crippen LogP contribution is -2.33. The zero-order valence-electron chi connectivity index (χ0n) is 11.7. The highest BCUT2D eigenvalue weighted by molar-refractivity contribution is 9.10. The van der Waals surface area contributed by atoms with Gasteiger partial charge in [-0.15, -0.1) is 0 Å². The van der Waals surface area contributed by atoms with Crippen LogP contribution in [0.3, 0.4) is 0 Å². The van der Waals surface area contributed by atoms with Gasteiger partial charge in [0.2, 0.25) is 0 Å². The van der Waals surface area contributed by atoms with E-state index in [0.29, 0.717) is 35.1 Å². The van der Waals surface area contributed by atoms with Crippen LogP contribution in [0.2, 0.25) is 5.15 Å². The van der Waals surface area contributed by atoms with Crippen LogP contribution in [0.15, 0.2) is 16.7 Å². The van der Waals surface area contributed by atoms with Crippen molar-refractivity contribution in [2.24, 2.45) is 0 Å². The van der Waals surface area contributed by atoms with Crippen molar-refractivity contribution in [3.8, 4) is 5.75 Å². The molecule has 0 saturated heterocycles. The third-order valence-corrected chi connectivity index (χ3v) is 2.74. The molecule has 0 atom stereocenters. The first kappa shape index (κ1) is 17.0. The van der Waals surface area contributed by atoms with Crippen molar-refractivity contribution in [3.63, 3.8) is 0 Å². The summed E-state index contributed by atoms with van der Waals surface area (Å²) < 4.78 is 11.2. The Morgan fingerprint density at radius 1 is 1.45 bits per heavy atom. The highest BCUT2D eigenvalue weighted by Gasteiger charge is 2.15. The number of amides is 1. The molecule has 1 amide bonds. The van der Waals surface area contributed by atoms with E-state index in [9.17, 15) is 4.79 Å². The van der Waals surface area contributed by atoms with E-state index in [-0.39, 0.29) is 0 Å². The van der Waals surface area contributed by atoms with Crippen molar-refractivity contribution in [1.29, 1.82) is 0 Å². The van der Waals surface area contributed by atoms with Gasteiger partial charge in [0.1, 0.15) is 10.2 Å². The van der Waals surface area contributed by atoms with Gasteiger partial charge in [0.05, 0.1) is 6.61 Å². The van der Waals surface area contributed by atoms with Gasteiger partial charge in [0.15, 0.2) is 10.9 Å². The predicted molar refractivity (Wildman–Crippen MR) is 81.3 cm³/mol. The van der Waals surface area contributed by atoms with E-state index in [4.69, 9.17) is 21.1 Å². The number of carbonyl (C=O) groups is 1. The standard InChI is InChI=1S/C13H18BrClN2O3/c1-13(2,3)20-12(18)16-7-4-8-19-9-5-6-10(14)17-11(9)15/h5-6H,4,7-8H2,1-3H3,(H,16,18). The lowest BCUT2D eigenvalue weighted by molar-refractivity contribution is 0.0525. The van der Waals surface area contributed by atoms with Crippen molar-refractivity contribution >= 4 is 33.6 Å².